The molecule has 94 valence electrons. The molecule has 2 aromatic rings. The van der Waals surface area contributed by atoms with Crippen molar-refractivity contribution < 1.29 is 4.79 Å². The number of carbonyl (C=O) groups excluding carboxylic acids is 1. The molecule has 0 aromatic carbocycles. The van der Waals surface area contributed by atoms with E-state index in [1.807, 2.05) is 22.4 Å². The topological polar surface area (TPSA) is 33.2 Å². The lowest BCUT2D eigenvalue weighted by molar-refractivity contribution is 0.0788. The predicted octanol–water partition coefficient (Wildman–Crippen LogP) is 3.87. The van der Waals surface area contributed by atoms with E-state index in [0.29, 0.717) is 5.69 Å². The predicted molar refractivity (Wildman–Crippen MR) is 78.3 cm³/mol. The Morgan fingerprint density at radius 3 is 2.78 bits per heavy atom. The van der Waals surface area contributed by atoms with Crippen LogP contribution in [0, 0.1) is 0 Å². The van der Waals surface area contributed by atoms with Crippen molar-refractivity contribution in [2.24, 2.45) is 0 Å². The molecular formula is C12H11BrN2OS2. The molecule has 3 rings (SSSR count). The van der Waals surface area contributed by atoms with Gasteiger partial charge < -0.3 is 4.90 Å². The molecule has 0 spiro atoms. The van der Waals surface area contributed by atoms with Gasteiger partial charge in [0.15, 0.2) is 0 Å². The average Bonchev–Trinajstić information content (AvgIpc) is 3.09. The second kappa shape index (κ2) is 5.11. The molecule has 1 fully saturated rings. The van der Waals surface area contributed by atoms with Crippen molar-refractivity contribution in [1.82, 2.24) is 9.88 Å². The lowest BCUT2D eigenvalue weighted by Crippen LogP contribution is -2.27. The maximum atomic E-state index is 12.2. The zero-order valence-electron chi connectivity index (χ0n) is 9.56. The van der Waals surface area contributed by atoms with Crippen LogP contribution < -0.4 is 0 Å². The minimum absolute atomic E-state index is 0.0746. The normalized spacial score (nSPS) is 15.3. The van der Waals surface area contributed by atoms with Gasteiger partial charge in [-0.2, -0.15) is 0 Å². The maximum absolute atomic E-state index is 12.2. The number of rotatable bonds is 2. The maximum Gasteiger partial charge on any atom is 0.273 e. The number of thiazole rings is 1. The van der Waals surface area contributed by atoms with Crippen LogP contribution in [0.3, 0.4) is 0 Å². The van der Waals surface area contributed by atoms with Crippen LogP contribution in [0.15, 0.2) is 21.3 Å². The second-order valence-corrected chi connectivity index (χ2v) is 7.46. The number of carbonyl (C=O) groups is 1. The van der Waals surface area contributed by atoms with Crippen LogP contribution >= 0.6 is 38.6 Å². The van der Waals surface area contributed by atoms with Crippen molar-refractivity contribution >= 4 is 44.5 Å². The summed E-state index contributed by atoms with van der Waals surface area (Å²) in [5.74, 6) is 0.0746. The van der Waals surface area contributed by atoms with Crippen molar-refractivity contribution in [2.75, 3.05) is 13.1 Å². The minimum Gasteiger partial charge on any atom is -0.337 e. The molecule has 1 aliphatic rings. The van der Waals surface area contributed by atoms with Gasteiger partial charge in [0.05, 0.1) is 8.66 Å². The van der Waals surface area contributed by atoms with Gasteiger partial charge in [-0.25, -0.2) is 4.98 Å². The Balaban J connectivity index is 1.82. The molecule has 0 saturated carbocycles. The van der Waals surface area contributed by atoms with Gasteiger partial charge >= 0.3 is 0 Å². The molecule has 3 heterocycles. The Kier molecular flexibility index (Phi) is 3.50. The Labute approximate surface area is 122 Å². The lowest BCUT2D eigenvalue weighted by Gasteiger charge is -2.12. The van der Waals surface area contributed by atoms with Crippen molar-refractivity contribution in [3.05, 3.63) is 27.0 Å². The molecule has 6 heteroatoms. The van der Waals surface area contributed by atoms with Gasteiger partial charge in [0.2, 0.25) is 0 Å². The number of likely N-dealkylation sites (tertiary alicyclic amines) is 1. The Bertz CT molecular complexity index is 572. The summed E-state index contributed by atoms with van der Waals surface area (Å²) in [6.07, 6.45) is 2.22. The SMILES string of the molecule is O=C(c1csc(-c2ccc(Br)s2)n1)N1CCCC1. The monoisotopic (exact) mass is 342 g/mol. The van der Waals surface area contributed by atoms with E-state index in [9.17, 15) is 4.79 Å². The Morgan fingerprint density at radius 2 is 2.11 bits per heavy atom. The summed E-state index contributed by atoms with van der Waals surface area (Å²) in [4.78, 5) is 19.6. The standard InChI is InChI=1S/C12H11BrN2OS2/c13-10-4-3-9(18-10)11-14-8(7-17-11)12(16)15-5-1-2-6-15/h3-4,7H,1-2,5-6H2. The highest BCUT2D eigenvalue weighted by atomic mass is 79.9. The van der Waals surface area contributed by atoms with Gasteiger partial charge in [0.1, 0.15) is 10.7 Å². The van der Waals surface area contributed by atoms with Crippen LogP contribution in [-0.4, -0.2) is 28.9 Å². The van der Waals surface area contributed by atoms with Crippen LogP contribution in [0.2, 0.25) is 0 Å². The zero-order valence-corrected chi connectivity index (χ0v) is 12.8. The first-order valence-electron chi connectivity index (χ1n) is 5.74. The van der Waals surface area contributed by atoms with Crippen LogP contribution in [-0.2, 0) is 0 Å². The largest absolute Gasteiger partial charge is 0.337 e. The van der Waals surface area contributed by atoms with E-state index in [2.05, 4.69) is 20.9 Å². The fourth-order valence-corrected chi connectivity index (χ4v) is 4.25. The first-order chi connectivity index (χ1) is 8.74. The third-order valence-electron chi connectivity index (χ3n) is 2.90. The van der Waals surface area contributed by atoms with Crippen LogP contribution in [0.25, 0.3) is 9.88 Å². The van der Waals surface area contributed by atoms with Crippen molar-refractivity contribution in [2.45, 2.75) is 12.8 Å². The number of halogens is 1. The third-order valence-corrected chi connectivity index (χ3v) is 5.54. The van der Waals surface area contributed by atoms with Crippen LogP contribution in [0.4, 0.5) is 0 Å². The van der Waals surface area contributed by atoms with E-state index in [1.54, 1.807) is 11.3 Å². The van der Waals surface area contributed by atoms with Gasteiger partial charge in [-0.05, 0) is 40.9 Å². The molecule has 18 heavy (non-hydrogen) atoms. The van der Waals surface area contributed by atoms with E-state index in [1.165, 1.54) is 11.3 Å². The summed E-state index contributed by atoms with van der Waals surface area (Å²) in [6, 6.07) is 4.03. The summed E-state index contributed by atoms with van der Waals surface area (Å²) in [5.41, 5.74) is 0.585. The molecule has 1 amide bonds. The summed E-state index contributed by atoms with van der Waals surface area (Å²) in [7, 11) is 0. The van der Waals surface area contributed by atoms with Crippen molar-refractivity contribution in [3.8, 4) is 9.88 Å². The van der Waals surface area contributed by atoms with Crippen molar-refractivity contribution in [1.29, 1.82) is 0 Å². The molecule has 0 unspecified atom stereocenters. The quantitative estimate of drug-likeness (QED) is 0.829. The number of amides is 1. The summed E-state index contributed by atoms with van der Waals surface area (Å²) in [5, 5.41) is 2.79. The Hall–Kier alpha value is -0.720. The molecular weight excluding hydrogens is 332 g/mol. The summed E-state index contributed by atoms with van der Waals surface area (Å²) in [6.45, 7) is 1.74. The highest BCUT2D eigenvalue weighted by Crippen LogP contribution is 2.33. The highest BCUT2D eigenvalue weighted by molar-refractivity contribution is 9.11. The van der Waals surface area contributed by atoms with E-state index < -0.39 is 0 Å². The van der Waals surface area contributed by atoms with Gasteiger partial charge in [0, 0.05) is 18.5 Å². The first-order valence-corrected chi connectivity index (χ1v) is 8.23. The molecule has 1 aliphatic heterocycles. The summed E-state index contributed by atoms with van der Waals surface area (Å²) >= 11 is 6.61. The molecule has 2 aromatic heterocycles. The Morgan fingerprint density at radius 1 is 1.33 bits per heavy atom. The van der Waals surface area contributed by atoms with Crippen molar-refractivity contribution in [3.63, 3.8) is 0 Å². The molecule has 0 N–H and O–H groups in total. The number of thiophene rings is 1. The molecule has 0 aliphatic carbocycles. The number of nitrogens with zero attached hydrogens (tertiary/aromatic N) is 2. The third kappa shape index (κ3) is 2.37. The van der Waals surface area contributed by atoms with Gasteiger partial charge in [0.25, 0.3) is 5.91 Å². The zero-order chi connectivity index (χ0) is 12.5. The van der Waals surface area contributed by atoms with E-state index in [-0.39, 0.29) is 5.91 Å². The fourth-order valence-electron chi connectivity index (χ4n) is 2.00. The molecule has 3 nitrogen and oxygen atoms in total. The van der Waals surface area contributed by atoms with E-state index >= 15 is 0 Å². The van der Waals surface area contributed by atoms with Gasteiger partial charge in [-0.3, -0.25) is 4.79 Å². The van der Waals surface area contributed by atoms with E-state index in [0.717, 1.165) is 39.6 Å². The smallest absolute Gasteiger partial charge is 0.273 e. The average molecular weight is 343 g/mol. The number of hydrogen-bond acceptors (Lipinski definition) is 4. The summed E-state index contributed by atoms with van der Waals surface area (Å²) < 4.78 is 1.08. The molecule has 0 bridgehead atoms. The molecule has 0 radical (unpaired) electrons. The van der Waals surface area contributed by atoms with Crippen LogP contribution in [0.5, 0.6) is 0 Å². The first kappa shape index (κ1) is 12.3. The molecule has 0 atom stereocenters. The minimum atomic E-state index is 0.0746. The van der Waals surface area contributed by atoms with Gasteiger partial charge in [-0.15, -0.1) is 22.7 Å². The highest BCUT2D eigenvalue weighted by Gasteiger charge is 2.22. The number of aromatic nitrogens is 1. The second-order valence-electron chi connectivity index (χ2n) is 4.14. The molecule has 1 saturated heterocycles. The lowest BCUT2D eigenvalue weighted by atomic mass is 10.4. The fraction of sp³-hybridized carbons (Fsp3) is 0.333. The van der Waals surface area contributed by atoms with Gasteiger partial charge in [-0.1, -0.05) is 0 Å². The van der Waals surface area contributed by atoms with E-state index in [4.69, 9.17) is 0 Å². The number of hydrogen-bond donors (Lipinski definition) is 0. The van der Waals surface area contributed by atoms with Crippen LogP contribution in [0.1, 0.15) is 23.3 Å².